The minimum atomic E-state index is -3.80. The van der Waals surface area contributed by atoms with Crippen molar-refractivity contribution in [2.75, 3.05) is 37.7 Å². The third-order valence-electron chi connectivity index (χ3n) is 3.63. The van der Waals surface area contributed by atoms with Crippen molar-refractivity contribution in [3.05, 3.63) is 54.6 Å². The Balaban J connectivity index is 2.44. The van der Waals surface area contributed by atoms with Gasteiger partial charge in [0.1, 0.15) is 0 Å². The first-order valence-corrected chi connectivity index (χ1v) is 11.0. The van der Waals surface area contributed by atoms with Crippen LogP contribution in [-0.2, 0) is 19.9 Å². The van der Waals surface area contributed by atoms with Crippen LogP contribution in [0.1, 0.15) is 0 Å². The van der Waals surface area contributed by atoms with Crippen LogP contribution in [0.15, 0.2) is 64.4 Å². The van der Waals surface area contributed by atoms with E-state index in [0.717, 1.165) is 6.26 Å². The number of likely N-dealkylation sites (N-methyl/N-ethyl adjacent to an activating group) is 1. The zero-order chi connectivity index (χ0) is 18.7. The summed E-state index contributed by atoms with van der Waals surface area (Å²) < 4.78 is 50.6. The lowest BCUT2D eigenvalue weighted by atomic mass is 10.3. The van der Waals surface area contributed by atoms with Gasteiger partial charge in [0.15, 0.2) is 9.84 Å². The van der Waals surface area contributed by atoms with Gasteiger partial charge >= 0.3 is 0 Å². The van der Waals surface area contributed by atoms with E-state index in [1.807, 2.05) is 25.1 Å². The highest BCUT2D eigenvalue weighted by molar-refractivity contribution is 7.93. The molecule has 2 rings (SSSR count). The van der Waals surface area contributed by atoms with Gasteiger partial charge < -0.3 is 4.90 Å². The quantitative estimate of drug-likeness (QED) is 0.731. The highest BCUT2D eigenvalue weighted by Crippen LogP contribution is 2.24. The molecule has 0 aliphatic rings. The van der Waals surface area contributed by atoms with E-state index in [0.29, 0.717) is 12.2 Å². The minimum absolute atomic E-state index is 0.0579. The second-order valence-electron chi connectivity index (χ2n) is 5.96. The first-order valence-electron chi connectivity index (χ1n) is 7.65. The van der Waals surface area contributed by atoms with Gasteiger partial charge in [0.25, 0.3) is 10.0 Å². The van der Waals surface area contributed by atoms with Crippen LogP contribution in [0.2, 0.25) is 0 Å². The fraction of sp³-hybridized carbons (Fsp3) is 0.294. The maximum atomic E-state index is 13.1. The SMILES string of the molecule is CN(C)CCN(c1ccccc1)S(=O)(=O)c1ccc(S(C)(=O)=O)cc1. The van der Waals surface area contributed by atoms with Crippen molar-refractivity contribution < 1.29 is 16.8 Å². The number of hydrogen-bond acceptors (Lipinski definition) is 5. The molecule has 0 aliphatic heterocycles. The first-order chi connectivity index (χ1) is 11.6. The van der Waals surface area contributed by atoms with Crippen molar-refractivity contribution >= 4 is 25.5 Å². The molecule has 136 valence electrons. The highest BCUT2D eigenvalue weighted by Gasteiger charge is 2.25. The van der Waals surface area contributed by atoms with Crippen molar-refractivity contribution in [3.8, 4) is 0 Å². The lowest BCUT2D eigenvalue weighted by Gasteiger charge is -2.26. The Morgan fingerprint density at radius 1 is 0.760 bits per heavy atom. The number of rotatable bonds is 7. The maximum Gasteiger partial charge on any atom is 0.264 e. The molecule has 0 saturated heterocycles. The standard InChI is InChI=1S/C17H22N2O4S2/c1-18(2)13-14-19(15-7-5-4-6-8-15)25(22,23)17-11-9-16(10-12-17)24(3,20)21/h4-12H,13-14H2,1-3H3. The van der Waals surface area contributed by atoms with Crippen LogP contribution >= 0.6 is 0 Å². The Morgan fingerprint density at radius 3 is 1.76 bits per heavy atom. The zero-order valence-electron chi connectivity index (χ0n) is 14.5. The molecule has 25 heavy (non-hydrogen) atoms. The molecule has 0 atom stereocenters. The molecule has 0 N–H and O–H groups in total. The number of sulfonamides is 1. The third kappa shape index (κ3) is 4.81. The van der Waals surface area contributed by atoms with Crippen molar-refractivity contribution in [2.45, 2.75) is 9.79 Å². The summed E-state index contributed by atoms with van der Waals surface area (Å²) in [4.78, 5) is 2.05. The van der Waals surface area contributed by atoms with Crippen LogP contribution in [0.4, 0.5) is 5.69 Å². The smallest absolute Gasteiger partial charge is 0.264 e. The van der Waals surface area contributed by atoms with E-state index >= 15 is 0 Å². The van der Waals surface area contributed by atoms with Crippen LogP contribution in [-0.4, -0.2) is 55.2 Å². The molecule has 0 radical (unpaired) electrons. The number of para-hydroxylation sites is 1. The summed E-state index contributed by atoms with van der Waals surface area (Å²) in [5.41, 5.74) is 0.566. The molecule has 2 aromatic carbocycles. The number of benzene rings is 2. The number of anilines is 1. The van der Waals surface area contributed by atoms with Crippen molar-refractivity contribution in [2.24, 2.45) is 0 Å². The highest BCUT2D eigenvalue weighted by atomic mass is 32.2. The van der Waals surface area contributed by atoms with Gasteiger partial charge in [-0.25, -0.2) is 16.8 Å². The van der Waals surface area contributed by atoms with Gasteiger partial charge in [0.2, 0.25) is 0 Å². The Hall–Kier alpha value is -1.90. The van der Waals surface area contributed by atoms with E-state index in [1.54, 1.807) is 24.3 Å². The zero-order valence-corrected chi connectivity index (χ0v) is 16.1. The molecule has 0 spiro atoms. The van der Waals surface area contributed by atoms with Crippen molar-refractivity contribution in [3.63, 3.8) is 0 Å². The molecule has 0 aromatic heterocycles. The predicted molar refractivity (Wildman–Crippen MR) is 99.1 cm³/mol. The third-order valence-corrected chi connectivity index (χ3v) is 6.60. The van der Waals surface area contributed by atoms with Gasteiger partial charge in [0, 0.05) is 19.3 Å². The largest absolute Gasteiger partial charge is 0.308 e. The number of hydrogen-bond donors (Lipinski definition) is 0. The van der Waals surface area contributed by atoms with E-state index in [-0.39, 0.29) is 16.3 Å². The van der Waals surface area contributed by atoms with Crippen LogP contribution in [0.3, 0.4) is 0 Å². The van der Waals surface area contributed by atoms with E-state index in [4.69, 9.17) is 0 Å². The van der Waals surface area contributed by atoms with Crippen LogP contribution in [0, 0.1) is 0 Å². The lowest BCUT2D eigenvalue weighted by Crippen LogP contribution is -2.36. The summed E-state index contributed by atoms with van der Waals surface area (Å²) in [7, 11) is -3.43. The van der Waals surface area contributed by atoms with Gasteiger partial charge in [-0.05, 0) is 50.5 Å². The molecule has 0 bridgehead atoms. The summed E-state index contributed by atoms with van der Waals surface area (Å²) >= 11 is 0. The van der Waals surface area contributed by atoms with Crippen molar-refractivity contribution in [1.29, 1.82) is 0 Å². The number of sulfone groups is 1. The van der Waals surface area contributed by atoms with Gasteiger partial charge in [0.05, 0.1) is 15.5 Å². The Bertz CT molecular complexity index is 907. The summed E-state index contributed by atoms with van der Waals surface area (Å²) in [5, 5.41) is 0. The van der Waals surface area contributed by atoms with Gasteiger partial charge in [-0.2, -0.15) is 0 Å². The molecule has 6 nitrogen and oxygen atoms in total. The topological polar surface area (TPSA) is 74.8 Å². The molecule has 8 heteroatoms. The average Bonchev–Trinajstić information content (AvgIpc) is 2.55. The number of nitrogens with zero attached hydrogens (tertiary/aromatic N) is 2. The predicted octanol–water partition coefficient (Wildman–Crippen LogP) is 1.85. The molecule has 0 saturated carbocycles. The Morgan fingerprint density at radius 2 is 1.28 bits per heavy atom. The Labute approximate surface area is 149 Å². The van der Waals surface area contributed by atoms with Crippen LogP contribution in [0.5, 0.6) is 0 Å². The summed E-state index contributed by atoms with van der Waals surface area (Å²) in [6.07, 6.45) is 1.09. The summed E-state index contributed by atoms with van der Waals surface area (Å²) in [5.74, 6) is 0. The van der Waals surface area contributed by atoms with E-state index in [1.165, 1.54) is 28.6 Å². The first kappa shape index (κ1) is 19.4. The minimum Gasteiger partial charge on any atom is -0.308 e. The fourth-order valence-corrected chi connectivity index (χ4v) is 4.35. The average molecular weight is 383 g/mol. The van der Waals surface area contributed by atoms with Gasteiger partial charge in [-0.3, -0.25) is 4.31 Å². The molecular weight excluding hydrogens is 360 g/mol. The molecule has 0 aliphatic carbocycles. The molecule has 0 fully saturated rings. The molecule has 0 amide bonds. The normalized spacial score (nSPS) is 12.3. The molecule has 0 unspecified atom stereocenters. The Kier molecular flexibility index (Phi) is 5.87. The second-order valence-corrected chi connectivity index (χ2v) is 9.84. The summed E-state index contributed by atoms with van der Waals surface area (Å²) in [6.45, 7) is 0.836. The van der Waals surface area contributed by atoms with Crippen LogP contribution in [0.25, 0.3) is 0 Å². The molecular formula is C17H22N2O4S2. The van der Waals surface area contributed by atoms with E-state index < -0.39 is 19.9 Å². The molecule has 0 heterocycles. The lowest BCUT2D eigenvalue weighted by molar-refractivity contribution is 0.419. The van der Waals surface area contributed by atoms with Crippen molar-refractivity contribution in [1.82, 2.24) is 4.90 Å². The molecule has 2 aromatic rings. The maximum absolute atomic E-state index is 13.1. The summed E-state index contributed by atoms with van der Waals surface area (Å²) in [6, 6.07) is 14.1. The van der Waals surface area contributed by atoms with Gasteiger partial charge in [-0.1, -0.05) is 18.2 Å². The van der Waals surface area contributed by atoms with Gasteiger partial charge in [-0.15, -0.1) is 0 Å². The second kappa shape index (κ2) is 7.55. The fourth-order valence-electron chi connectivity index (χ4n) is 2.26. The van der Waals surface area contributed by atoms with E-state index in [9.17, 15) is 16.8 Å². The van der Waals surface area contributed by atoms with E-state index in [2.05, 4.69) is 0 Å². The monoisotopic (exact) mass is 382 g/mol. The van der Waals surface area contributed by atoms with Crippen LogP contribution < -0.4 is 4.31 Å².